The molecule has 24 heavy (non-hydrogen) atoms. The van der Waals surface area contributed by atoms with Crippen molar-refractivity contribution in [2.24, 2.45) is 5.92 Å². The van der Waals surface area contributed by atoms with Gasteiger partial charge in [-0.2, -0.15) is 0 Å². The molecule has 2 aromatic rings. The summed E-state index contributed by atoms with van der Waals surface area (Å²) in [5.41, 5.74) is 1.32. The van der Waals surface area contributed by atoms with Crippen molar-refractivity contribution in [3.05, 3.63) is 42.2 Å². The number of carbonyl (C=O) groups is 1. The van der Waals surface area contributed by atoms with Crippen LogP contribution in [0.2, 0.25) is 0 Å². The summed E-state index contributed by atoms with van der Waals surface area (Å²) in [6.07, 6.45) is 3.81. The van der Waals surface area contributed by atoms with Gasteiger partial charge in [0, 0.05) is 13.1 Å². The van der Waals surface area contributed by atoms with Gasteiger partial charge in [0.05, 0.1) is 11.9 Å². The summed E-state index contributed by atoms with van der Waals surface area (Å²) in [4.78, 5) is 14.5. The largest absolute Gasteiger partial charge is 0.337 e. The molecule has 1 N–H and O–H groups in total. The molecule has 3 rings (SSSR count). The number of para-hydroxylation sites is 1. The Hall–Kier alpha value is -1.92. The molecule has 130 valence electrons. The number of piperidine rings is 1. The number of aromatic nitrogens is 3. The second kappa shape index (κ2) is 8.80. The van der Waals surface area contributed by atoms with Crippen LogP contribution >= 0.6 is 12.4 Å². The number of nitrogens with one attached hydrogen (secondary N) is 1. The fourth-order valence-electron chi connectivity index (χ4n) is 2.92. The number of hydrogen-bond donors (Lipinski definition) is 1. The van der Waals surface area contributed by atoms with Gasteiger partial charge in [0.25, 0.3) is 5.91 Å². The van der Waals surface area contributed by atoms with Gasteiger partial charge in [0.15, 0.2) is 5.69 Å². The van der Waals surface area contributed by atoms with Crippen LogP contribution in [0.4, 0.5) is 0 Å². The molecule has 2 heterocycles. The van der Waals surface area contributed by atoms with Gasteiger partial charge in [-0.15, -0.1) is 17.5 Å². The zero-order chi connectivity index (χ0) is 16.1. The van der Waals surface area contributed by atoms with E-state index < -0.39 is 0 Å². The lowest BCUT2D eigenvalue weighted by atomic mass is 9.96. The van der Waals surface area contributed by atoms with Gasteiger partial charge in [-0.1, -0.05) is 30.3 Å². The predicted molar refractivity (Wildman–Crippen MR) is 95.8 cm³/mol. The number of carbonyl (C=O) groups excluding carboxylic acids is 1. The minimum atomic E-state index is -0.0194. The molecule has 0 atom stereocenters. The van der Waals surface area contributed by atoms with Crippen LogP contribution in [0.15, 0.2) is 36.5 Å². The Morgan fingerprint density at radius 3 is 2.62 bits per heavy atom. The number of benzene rings is 1. The monoisotopic (exact) mass is 349 g/mol. The average Bonchev–Trinajstić information content (AvgIpc) is 3.11. The van der Waals surface area contributed by atoms with Crippen molar-refractivity contribution in [3.63, 3.8) is 0 Å². The number of amides is 1. The Bertz CT molecular complexity index is 637. The van der Waals surface area contributed by atoms with Gasteiger partial charge in [-0.05, 0) is 44.0 Å². The SMILES string of the molecule is CCNCC1CCN(C(=O)c2cn(-c3ccccc3)nn2)CC1.Cl. The van der Waals surface area contributed by atoms with Crippen LogP contribution in [0.3, 0.4) is 0 Å². The molecule has 1 aromatic carbocycles. The Morgan fingerprint density at radius 1 is 1.25 bits per heavy atom. The van der Waals surface area contributed by atoms with Crippen LogP contribution < -0.4 is 5.32 Å². The van der Waals surface area contributed by atoms with Gasteiger partial charge in [-0.3, -0.25) is 4.79 Å². The van der Waals surface area contributed by atoms with Crippen LogP contribution in [0.1, 0.15) is 30.3 Å². The summed E-state index contributed by atoms with van der Waals surface area (Å²) in [5, 5.41) is 11.5. The van der Waals surface area contributed by atoms with Crippen molar-refractivity contribution in [2.75, 3.05) is 26.2 Å². The molecule has 6 nitrogen and oxygen atoms in total. The number of halogens is 1. The third kappa shape index (κ3) is 4.33. The molecule has 0 radical (unpaired) electrons. The van der Waals surface area contributed by atoms with Crippen molar-refractivity contribution < 1.29 is 4.79 Å². The highest BCUT2D eigenvalue weighted by atomic mass is 35.5. The number of hydrogen-bond acceptors (Lipinski definition) is 4. The van der Waals surface area contributed by atoms with Crippen molar-refractivity contribution >= 4 is 18.3 Å². The van der Waals surface area contributed by atoms with E-state index in [1.807, 2.05) is 35.2 Å². The fourth-order valence-corrected chi connectivity index (χ4v) is 2.92. The molecule has 0 saturated carbocycles. The van der Waals surface area contributed by atoms with Crippen molar-refractivity contribution in [3.8, 4) is 5.69 Å². The van der Waals surface area contributed by atoms with Gasteiger partial charge >= 0.3 is 0 Å². The van der Waals surface area contributed by atoms with Gasteiger partial charge in [0.2, 0.25) is 0 Å². The summed E-state index contributed by atoms with van der Waals surface area (Å²) in [5.74, 6) is 0.646. The average molecular weight is 350 g/mol. The highest BCUT2D eigenvalue weighted by molar-refractivity contribution is 5.92. The van der Waals surface area contributed by atoms with Gasteiger partial charge in [0.1, 0.15) is 0 Å². The Balaban J connectivity index is 0.00000208. The zero-order valence-electron chi connectivity index (χ0n) is 13.9. The Kier molecular flexibility index (Phi) is 6.75. The normalized spacial score (nSPS) is 15.1. The van der Waals surface area contributed by atoms with Crippen molar-refractivity contribution in [1.29, 1.82) is 0 Å². The van der Waals surface area contributed by atoms with E-state index >= 15 is 0 Å². The molecule has 1 aliphatic rings. The third-order valence-corrected chi connectivity index (χ3v) is 4.32. The zero-order valence-corrected chi connectivity index (χ0v) is 14.7. The molecule has 1 fully saturated rings. The number of nitrogens with zero attached hydrogens (tertiary/aromatic N) is 4. The number of likely N-dealkylation sites (tertiary alicyclic amines) is 1. The maximum Gasteiger partial charge on any atom is 0.276 e. The van der Waals surface area contributed by atoms with Gasteiger partial charge in [-0.25, -0.2) is 4.68 Å². The maximum atomic E-state index is 12.6. The minimum Gasteiger partial charge on any atom is -0.337 e. The molecule has 1 saturated heterocycles. The molecular formula is C17H24ClN5O. The molecule has 0 unspecified atom stereocenters. The predicted octanol–water partition coefficient (Wildman–Crippen LogP) is 2.15. The van der Waals surface area contributed by atoms with E-state index in [1.54, 1.807) is 10.9 Å². The van der Waals surface area contributed by atoms with Crippen LogP contribution in [0.25, 0.3) is 5.69 Å². The van der Waals surface area contributed by atoms with Crippen LogP contribution in [-0.2, 0) is 0 Å². The van der Waals surface area contributed by atoms with E-state index in [2.05, 4.69) is 22.6 Å². The number of rotatable bonds is 5. The second-order valence-electron chi connectivity index (χ2n) is 5.93. The summed E-state index contributed by atoms with van der Waals surface area (Å²) in [6, 6.07) is 9.70. The summed E-state index contributed by atoms with van der Waals surface area (Å²) >= 11 is 0. The highest BCUT2D eigenvalue weighted by Gasteiger charge is 2.25. The van der Waals surface area contributed by atoms with E-state index in [0.29, 0.717) is 11.6 Å². The quantitative estimate of drug-likeness (QED) is 0.898. The topological polar surface area (TPSA) is 63.1 Å². The van der Waals surface area contributed by atoms with Crippen LogP contribution in [0.5, 0.6) is 0 Å². The molecule has 1 aromatic heterocycles. The lowest BCUT2D eigenvalue weighted by molar-refractivity contribution is 0.0684. The van der Waals surface area contributed by atoms with Crippen molar-refractivity contribution in [1.82, 2.24) is 25.2 Å². The smallest absolute Gasteiger partial charge is 0.276 e. The Labute approximate surface area is 148 Å². The summed E-state index contributed by atoms with van der Waals surface area (Å²) in [7, 11) is 0. The first kappa shape index (κ1) is 18.4. The van der Waals surface area contributed by atoms with Crippen LogP contribution in [-0.4, -0.2) is 52.0 Å². The molecule has 1 aliphatic heterocycles. The fraction of sp³-hybridized carbons (Fsp3) is 0.471. The minimum absolute atomic E-state index is 0. The molecule has 0 bridgehead atoms. The highest BCUT2D eigenvalue weighted by Crippen LogP contribution is 2.18. The first-order valence-electron chi connectivity index (χ1n) is 8.25. The van der Waals surface area contributed by atoms with E-state index in [-0.39, 0.29) is 18.3 Å². The lowest BCUT2D eigenvalue weighted by Crippen LogP contribution is -2.40. The molecular weight excluding hydrogens is 326 g/mol. The third-order valence-electron chi connectivity index (χ3n) is 4.32. The first-order valence-corrected chi connectivity index (χ1v) is 8.25. The maximum absolute atomic E-state index is 12.6. The summed E-state index contributed by atoms with van der Waals surface area (Å²) in [6.45, 7) is 5.76. The molecule has 7 heteroatoms. The molecule has 1 amide bonds. The lowest BCUT2D eigenvalue weighted by Gasteiger charge is -2.31. The van der Waals surface area contributed by atoms with Crippen molar-refractivity contribution in [2.45, 2.75) is 19.8 Å². The first-order chi connectivity index (χ1) is 11.3. The second-order valence-corrected chi connectivity index (χ2v) is 5.93. The van der Waals surface area contributed by atoms with E-state index in [9.17, 15) is 4.79 Å². The van der Waals surface area contributed by atoms with Crippen LogP contribution in [0, 0.1) is 5.92 Å². The summed E-state index contributed by atoms with van der Waals surface area (Å²) < 4.78 is 1.64. The molecule has 0 aliphatic carbocycles. The standard InChI is InChI=1S/C17H23N5O.ClH/c1-2-18-12-14-8-10-21(11-9-14)17(23)16-13-22(20-19-16)15-6-4-3-5-7-15;/h3-7,13-14,18H,2,8-12H2,1H3;1H. The van der Waals surface area contributed by atoms with E-state index in [1.165, 1.54) is 0 Å². The van der Waals surface area contributed by atoms with Gasteiger partial charge < -0.3 is 10.2 Å². The Morgan fingerprint density at radius 2 is 1.96 bits per heavy atom. The molecule has 0 spiro atoms. The van der Waals surface area contributed by atoms with E-state index in [4.69, 9.17) is 0 Å². The van der Waals surface area contributed by atoms with E-state index in [0.717, 1.165) is 44.7 Å².